The fraction of sp³-hybridized carbons (Fsp3) is 0.909. The summed E-state index contributed by atoms with van der Waals surface area (Å²) in [7, 11) is 0. The van der Waals surface area contributed by atoms with Crippen LogP contribution < -0.4 is 11.1 Å². The molecule has 0 aliphatic carbocycles. The van der Waals surface area contributed by atoms with Gasteiger partial charge in [0.2, 0.25) is 5.91 Å². The molecule has 3 nitrogen and oxygen atoms in total. The van der Waals surface area contributed by atoms with Crippen LogP contribution in [0.5, 0.6) is 0 Å². The van der Waals surface area contributed by atoms with Gasteiger partial charge in [-0.3, -0.25) is 4.79 Å². The lowest BCUT2D eigenvalue weighted by Gasteiger charge is -2.17. The van der Waals surface area contributed by atoms with Crippen molar-refractivity contribution >= 4 is 17.7 Å². The van der Waals surface area contributed by atoms with Gasteiger partial charge in [0.05, 0.1) is 0 Å². The van der Waals surface area contributed by atoms with Crippen LogP contribution >= 0.6 is 11.8 Å². The van der Waals surface area contributed by atoms with Gasteiger partial charge in [-0.05, 0) is 31.3 Å². The highest BCUT2D eigenvalue weighted by molar-refractivity contribution is 7.99. The third-order valence-corrected chi connectivity index (χ3v) is 3.37. The highest BCUT2D eigenvalue weighted by Gasteiger charge is 2.15. The minimum absolute atomic E-state index is 0.0220. The number of carbonyl (C=O) groups excluding carboxylic acids is 1. The maximum atomic E-state index is 11.7. The Morgan fingerprint density at radius 2 is 2.13 bits per heavy atom. The molecule has 0 saturated heterocycles. The summed E-state index contributed by atoms with van der Waals surface area (Å²) in [6, 6.07) is 0.261. The van der Waals surface area contributed by atoms with Crippen molar-refractivity contribution in [1.82, 2.24) is 5.32 Å². The SMILES string of the molecule is CCSCCC(C)NC(=O)C(CC)CN. The minimum atomic E-state index is -0.0220. The zero-order valence-electron chi connectivity index (χ0n) is 10.1. The van der Waals surface area contributed by atoms with Crippen LogP contribution in [-0.4, -0.2) is 30.0 Å². The molecule has 0 aromatic carbocycles. The lowest BCUT2D eigenvalue weighted by molar-refractivity contribution is -0.125. The number of thioether (sulfide) groups is 1. The largest absolute Gasteiger partial charge is 0.353 e. The molecular weight excluding hydrogens is 208 g/mol. The van der Waals surface area contributed by atoms with Gasteiger partial charge in [-0.25, -0.2) is 0 Å². The van der Waals surface area contributed by atoms with E-state index in [2.05, 4.69) is 19.2 Å². The Kier molecular flexibility index (Phi) is 8.91. The summed E-state index contributed by atoms with van der Waals surface area (Å²) in [5, 5.41) is 3.01. The second kappa shape index (κ2) is 9.04. The van der Waals surface area contributed by atoms with E-state index in [1.807, 2.05) is 18.7 Å². The summed E-state index contributed by atoms with van der Waals surface area (Å²) < 4.78 is 0. The summed E-state index contributed by atoms with van der Waals surface area (Å²) in [6.45, 7) is 6.64. The van der Waals surface area contributed by atoms with Gasteiger partial charge in [0.1, 0.15) is 0 Å². The first-order valence-corrected chi connectivity index (χ1v) is 6.89. The Balaban J connectivity index is 3.74. The van der Waals surface area contributed by atoms with Crippen LogP contribution in [0.1, 0.15) is 33.6 Å². The molecule has 0 saturated carbocycles. The predicted molar refractivity (Wildman–Crippen MR) is 68.1 cm³/mol. The van der Waals surface area contributed by atoms with Crippen LogP contribution in [0.3, 0.4) is 0 Å². The van der Waals surface area contributed by atoms with Crippen molar-refractivity contribution in [3.05, 3.63) is 0 Å². The quantitative estimate of drug-likeness (QED) is 0.625. The van der Waals surface area contributed by atoms with E-state index in [0.717, 1.165) is 24.3 Å². The maximum absolute atomic E-state index is 11.7. The van der Waals surface area contributed by atoms with Crippen LogP contribution in [0.25, 0.3) is 0 Å². The summed E-state index contributed by atoms with van der Waals surface area (Å²) in [5.74, 6) is 2.33. The van der Waals surface area contributed by atoms with Gasteiger partial charge in [-0.1, -0.05) is 13.8 Å². The van der Waals surface area contributed by atoms with Gasteiger partial charge in [0.15, 0.2) is 0 Å². The highest BCUT2D eigenvalue weighted by Crippen LogP contribution is 2.05. The second-order valence-electron chi connectivity index (χ2n) is 3.74. The molecule has 0 aromatic heterocycles. The van der Waals surface area contributed by atoms with E-state index in [0.29, 0.717) is 6.54 Å². The summed E-state index contributed by atoms with van der Waals surface area (Å²) >= 11 is 1.91. The number of hydrogen-bond acceptors (Lipinski definition) is 3. The molecule has 0 fully saturated rings. The van der Waals surface area contributed by atoms with Crippen LogP contribution in [0, 0.1) is 5.92 Å². The van der Waals surface area contributed by atoms with E-state index in [4.69, 9.17) is 5.73 Å². The third-order valence-electron chi connectivity index (χ3n) is 2.44. The average molecular weight is 232 g/mol. The monoisotopic (exact) mass is 232 g/mol. The first-order chi connectivity index (χ1) is 7.15. The molecule has 0 bridgehead atoms. The molecule has 0 spiro atoms. The predicted octanol–water partition coefficient (Wildman–Crippen LogP) is 1.62. The fourth-order valence-corrected chi connectivity index (χ4v) is 2.11. The van der Waals surface area contributed by atoms with Crippen molar-refractivity contribution in [3.63, 3.8) is 0 Å². The van der Waals surface area contributed by atoms with Gasteiger partial charge in [-0.15, -0.1) is 0 Å². The Morgan fingerprint density at radius 3 is 2.60 bits per heavy atom. The summed E-state index contributed by atoms with van der Waals surface area (Å²) in [6.07, 6.45) is 1.85. The van der Waals surface area contributed by atoms with Crippen molar-refractivity contribution in [3.8, 4) is 0 Å². The topological polar surface area (TPSA) is 55.1 Å². The Hall–Kier alpha value is -0.220. The summed E-state index contributed by atoms with van der Waals surface area (Å²) in [5.41, 5.74) is 5.52. The zero-order chi connectivity index (χ0) is 11.7. The third kappa shape index (κ3) is 6.79. The first-order valence-electron chi connectivity index (χ1n) is 5.73. The van der Waals surface area contributed by atoms with Crippen LogP contribution in [-0.2, 0) is 4.79 Å². The Bertz CT molecular complexity index is 172. The van der Waals surface area contributed by atoms with E-state index in [1.54, 1.807) is 0 Å². The normalized spacial score (nSPS) is 14.7. The van der Waals surface area contributed by atoms with Crippen molar-refractivity contribution < 1.29 is 4.79 Å². The lowest BCUT2D eigenvalue weighted by Crippen LogP contribution is -2.40. The molecule has 0 rings (SSSR count). The molecular formula is C11H24N2OS. The molecule has 0 aliphatic rings. The van der Waals surface area contributed by atoms with Crippen molar-refractivity contribution in [1.29, 1.82) is 0 Å². The molecule has 0 aliphatic heterocycles. The zero-order valence-corrected chi connectivity index (χ0v) is 10.9. The van der Waals surface area contributed by atoms with Gasteiger partial charge >= 0.3 is 0 Å². The lowest BCUT2D eigenvalue weighted by atomic mass is 10.1. The van der Waals surface area contributed by atoms with Crippen molar-refractivity contribution in [2.75, 3.05) is 18.1 Å². The van der Waals surface area contributed by atoms with E-state index in [-0.39, 0.29) is 17.9 Å². The smallest absolute Gasteiger partial charge is 0.224 e. The molecule has 90 valence electrons. The summed E-state index contributed by atoms with van der Waals surface area (Å²) in [4.78, 5) is 11.7. The minimum Gasteiger partial charge on any atom is -0.353 e. The molecule has 0 heterocycles. The average Bonchev–Trinajstić information content (AvgIpc) is 2.20. The standard InChI is InChI=1S/C11H24N2OS/c1-4-10(8-12)11(14)13-9(3)6-7-15-5-2/h9-10H,4-8,12H2,1-3H3,(H,13,14). The van der Waals surface area contributed by atoms with Gasteiger partial charge in [0, 0.05) is 18.5 Å². The van der Waals surface area contributed by atoms with E-state index in [9.17, 15) is 4.79 Å². The number of rotatable bonds is 8. The maximum Gasteiger partial charge on any atom is 0.224 e. The molecule has 4 heteroatoms. The van der Waals surface area contributed by atoms with E-state index < -0.39 is 0 Å². The highest BCUT2D eigenvalue weighted by atomic mass is 32.2. The van der Waals surface area contributed by atoms with Crippen LogP contribution in [0.2, 0.25) is 0 Å². The fourth-order valence-electron chi connectivity index (χ4n) is 1.30. The van der Waals surface area contributed by atoms with Gasteiger partial charge in [-0.2, -0.15) is 11.8 Å². The molecule has 15 heavy (non-hydrogen) atoms. The Morgan fingerprint density at radius 1 is 1.47 bits per heavy atom. The molecule has 0 aromatic rings. The molecule has 1 amide bonds. The number of nitrogens with two attached hydrogens (primary N) is 1. The number of nitrogens with one attached hydrogen (secondary N) is 1. The number of hydrogen-bond donors (Lipinski definition) is 2. The molecule has 2 unspecified atom stereocenters. The number of amides is 1. The van der Waals surface area contributed by atoms with Crippen LogP contribution in [0.15, 0.2) is 0 Å². The first kappa shape index (κ1) is 14.8. The van der Waals surface area contributed by atoms with Gasteiger partial charge in [0.25, 0.3) is 0 Å². The van der Waals surface area contributed by atoms with Crippen LogP contribution in [0.4, 0.5) is 0 Å². The molecule has 0 radical (unpaired) electrons. The number of carbonyl (C=O) groups is 1. The molecule has 3 N–H and O–H groups in total. The van der Waals surface area contributed by atoms with E-state index in [1.165, 1.54) is 0 Å². The van der Waals surface area contributed by atoms with E-state index >= 15 is 0 Å². The van der Waals surface area contributed by atoms with Crippen molar-refractivity contribution in [2.24, 2.45) is 11.7 Å². The second-order valence-corrected chi connectivity index (χ2v) is 5.13. The Labute approximate surface area is 97.6 Å². The molecule has 2 atom stereocenters. The van der Waals surface area contributed by atoms with Crippen molar-refractivity contribution in [2.45, 2.75) is 39.7 Å². The van der Waals surface area contributed by atoms with Gasteiger partial charge < -0.3 is 11.1 Å².